The molecular weight excluding hydrogens is 306 g/mol. The Labute approximate surface area is 122 Å². The van der Waals surface area contributed by atoms with Gasteiger partial charge in [-0.15, -0.1) is 6.58 Å². The molecule has 0 aromatic heterocycles. The Kier molecular flexibility index (Phi) is 6.36. The van der Waals surface area contributed by atoms with E-state index in [2.05, 4.69) is 27.4 Å². The second-order valence-corrected chi connectivity index (χ2v) is 5.09. The van der Waals surface area contributed by atoms with Crippen LogP contribution in [0.1, 0.15) is 18.4 Å². The van der Waals surface area contributed by atoms with Crippen molar-refractivity contribution in [2.45, 2.75) is 12.8 Å². The van der Waals surface area contributed by atoms with Crippen LogP contribution in [0.4, 0.5) is 5.69 Å². The minimum Gasteiger partial charge on any atom is -0.478 e. The SMILES string of the molecule is C=CCCCN(C)c1ccc(/C=C/C(=O)O)cc1Br. The molecule has 0 saturated carbocycles. The summed E-state index contributed by atoms with van der Waals surface area (Å²) in [5, 5.41) is 8.59. The van der Waals surface area contributed by atoms with Gasteiger partial charge in [0.05, 0.1) is 5.69 Å². The number of nitrogens with zero attached hydrogens (tertiary/aromatic N) is 1. The molecule has 1 N–H and O–H groups in total. The number of carboxylic acid groups (broad SMARTS) is 1. The van der Waals surface area contributed by atoms with Gasteiger partial charge in [0.2, 0.25) is 0 Å². The van der Waals surface area contributed by atoms with Crippen LogP contribution < -0.4 is 4.90 Å². The molecule has 0 atom stereocenters. The molecule has 0 aliphatic rings. The first-order chi connectivity index (χ1) is 9.04. The van der Waals surface area contributed by atoms with Gasteiger partial charge in [0, 0.05) is 24.1 Å². The number of halogens is 1. The van der Waals surface area contributed by atoms with Crippen LogP contribution in [0.2, 0.25) is 0 Å². The standard InChI is InChI=1S/C15H18BrNO2/c1-3-4-5-10-17(2)14-8-6-12(11-13(14)16)7-9-15(18)19/h3,6-9,11H,1,4-5,10H2,2H3,(H,18,19)/b9-7+. The fourth-order valence-corrected chi connectivity index (χ4v) is 2.40. The summed E-state index contributed by atoms with van der Waals surface area (Å²) in [7, 11) is 2.04. The molecule has 1 aromatic carbocycles. The van der Waals surface area contributed by atoms with E-state index in [1.807, 2.05) is 31.3 Å². The van der Waals surface area contributed by atoms with Crippen LogP contribution in [0.15, 0.2) is 41.4 Å². The third-order valence-electron chi connectivity index (χ3n) is 2.70. The van der Waals surface area contributed by atoms with Crippen molar-refractivity contribution in [3.8, 4) is 0 Å². The summed E-state index contributed by atoms with van der Waals surface area (Å²) in [6.45, 7) is 4.66. The number of hydrogen-bond donors (Lipinski definition) is 1. The van der Waals surface area contributed by atoms with E-state index in [0.717, 1.165) is 41.2 Å². The van der Waals surface area contributed by atoms with Gasteiger partial charge in [-0.25, -0.2) is 4.79 Å². The Morgan fingerprint density at radius 2 is 2.26 bits per heavy atom. The zero-order chi connectivity index (χ0) is 14.3. The summed E-state index contributed by atoms with van der Waals surface area (Å²) in [5.74, 6) is -0.943. The molecule has 102 valence electrons. The molecule has 0 spiro atoms. The Bertz CT molecular complexity index is 483. The van der Waals surface area contributed by atoms with Gasteiger partial charge in [0.25, 0.3) is 0 Å². The van der Waals surface area contributed by atoms with Crippen molar-refractivity contribution in [3.05, 3.63) is 47.0 Å². The van der Waals surface area contributed by atoms with Gasteiger partial charge in [-0.05, 0) is 52.5 Å². The van der Waals surface area contributed by atoms with Crippen LogP contribution in [0.25, 0.3) is 6.08 Å². The number of carbonyl (C=O) groups is 1. The first-order valence-corrected chi connectivity index (χ1v) is 6.86. The number of allylic oxidation sites excluding steroid dienone is 1. The van der Waals surface area contributed by atoms with E-state index in [-0.39, 0.29) is 0 Å². The maximum Gasteiger partial charge on any atom is 0.328 e. The van der Waals surface area contributed by atoms with Crippen molar-refractivity contribution in [2.24, 2.45) is 0 Å². The van der Waals surface area contributed by atoms with E-state index in [4.69, 9.17) is 5.11 Å². The Morgan fingerprint density at radius 3 is 2.84 bits per heavy atom. The molecule has 0 radical (unpaired) electrons. The Hall–Kier alpha value is -1.55. The quantitative estimate of drug-likeness (QED) is 0.469. The fraction of sp³-hybridized carbons (Fsp3) is 0.267. The van der Waals surface area contributed by atoms with Gasteiger partial charge in [0.15, 0.2) is 0 Å². The molecule has 0 aliphatic heterocycles. The molecule has 0 aliphatic carbocycles. The van der Waals surface area contributed by atoms with Gasteiger partial charge < -0.3 is 10.0 Å². The number of aliphatic carboxylic acids is 1. The predicted octanol–water partition coefficient (Wildman–Crippen LogP) is 3.95. The topological polar surface area (TPSA) is 40.5 Å². The highest BCUT2D eigenvalue weighted by molar-refractivity contribution is 9.10. The van der Waals surface area contributed by atoms with Gasteiger partial charge in [-0.3, -0.25) is 0 Å². The minimum atomic E-state index is -0.943. The lowest BCUT2D eigenvalue weighted by Gasteiger charge is -2.20. The second-order valence-electron chi connectivity index (χ2n) is 4.23. The van der Waals surface area contributed by atoms with E-state index in [1.165, 1.54) is 0 Å². The largest absolute Gasteiger partial charge is 0.478 e. The molecule has 0 fully saturated rings. The average Bonchev–Trinajstić information content (AvgIpc) is 2.36. The molecule has 0 amide bonds. The summed E-state index contributed by atoms with van der Waals surface area (Å²) in [6.07, 6.45) is 6.70. The van der Waals surface area contributed by atoms with Gasteiger partial charge in [0.1, 0.15) is 0 Å². The monoisotopic (exact) mass is 323 g/mol. The van der Waals surface area contributed by atoms with Crippen LogP contribution >= 0.6 is 15.9 Å². The van der Waals surface area contributed by atoms with Gasteiger partial charge >= 0.3 is 5.97 Å². The van der Waals surface area contributed by atoms with E-state index in [0.29, 0.717) is 0 Å². The summed E-state index contributed by atoms with van der Waals surface area (Å²) >= 11 is 3.52. The molecule has 1 aromatic rings. The lowest BCUT2D eigenvalue weighted by Crippen LogP contribution is -2.18. The first kappa shape index (κ1) is 15.5. The fourth-order valence-electron chi connectivity index (χ4n) is 1.70. The lowest BCUT2D eigenvalue weighted by molar-refractivity contribution is -0.131. The van der Waals surface area contributed by atoms with E-state index < -0.39 is 5.97 Å². The molecule has 1 rings (SSSR count). The van der Waals surface area contributed by atoms with Crippen LogP contribution in [0.3, 0.4) is 0 Å². The zero-order valence-corrected chi connectivity index (χ0v) is 12.6. The van der Waals surface area contributed by atoms with Crippen LogP contribution in [-0.2, 0) is 4.79 Å². The van der Waals surface area contributed by atoms with Crippen LogP contribution in [0.5, 0.6) is 0 Å². The molecule has 19 heavy (non-hydrogen) atoms. The Morgan fingerprint density at radius 1 is 1.53 bits per heavy atom. The molecule has 0 saturated heterocycles. The molecule has 0 bridgehead atoms. The highest BCUT2D eigenvalue weighted by Gasteiger charge is 2.05. The minimum absolute atomic E-state index is 0.859. The van der Waals surface area contributed by atoms with Crippen molar-refractivity contribution in [1.29, 1.82) is 0 Å². The second kappa shape index (κ2) is 7.79. The maximum atomic E-state index is 10.5. The number of rotatable bonds is 7. The summed E-state index contributed by atoms with van der Waals surface area (Å²) in [4.78, 5) is 12.6. The molecule has 3 nitrogen and oxygen atoms in total. The van der Waals surface area contributed by atoms with Crippen LogP contribution in [-0.4, -0.2) is 24.7 Å². The van der Waals surface area contributed by atoms with Crippen molar-refractivity contribution in [2.75, 3.05) is 18.5 Å². The third-order valence-corrected chi connectivity index (χ3v) is 3.34. The smallest absolute Gasteiger partial charge is 0.328 e. The van der Waals surface area contributed by atoms with Crippen LogP contribution in [0, 0.1) is 0 Å². The summed E-state index contributed by atoms with van der Waals surface area (Å²) in [5.41, 5.74) is 1.95. The van der Waals surface area contributed by atoms with E-state index >= 15 is 0 Å². The number of unbranched alkanes of at least 4 members (excludes halogenated alkanes) is 1. The van der Waals surface area contributed by atoms with Crippen molar-refractivity contribution >= 4 is 33.7 Å². The van der Waals surface area contributed by atoms with Crippen molar-refractivity contribution < 1.29 is 9.90 Å². The predicted molar refractivity (Wildman–Crippen MR) is 83.5 cm³/mol. The van der Waals surface area contributed by atoms with Gasteiger partial charge in [-0.2, -0.15) is 0 Å². The van der Waals surface area contributed by atoms with Gasteiger partial charge in [-0.1, -0.05) is 12.1 Å². The molecular formula is C15H18BrNO2. The average molecular weight is 324 g/mol. The highest BCUT2D eigenvalue weighted by Crippen LogP contribution is 2.27. The van der Waals surface area contributed by atoms with Crippen molar-refractivity contribution in [1.82, 2.24) is 0 Å². The van der Waals surface area contributed by atoms with E-state index in [1.54, 1.807) is 6.08 Å². The Balaban J connectivity index is 2.76. The summed E-state index contributed by atoms with van der Waals surface area (Å²) in [6, 6.07) is 5.81. The first-order valence-electron chi connectivity index (χ1n) is 6.07. The maximum absolute atomic E-state index is 10.5. The molecule has 4 heteroatoms. The zero-order valence-electron chi connectivity index (χ0n) is 11.0. The summed E-state index contributed by atoms with van der Waals surface area (Å²) < 4.78 is 0.959. The molecule has 0 unspecified atom stereocenters. The van der Waals surface area contributed by atoms with Crippen molar-refractivity contribution in [3.63, 3.8) is 0 Å². The van der Waals surface area contributed by atoms with E-state index in [9.17, 15) is 4.79 Å². The lowest BCUT2D eigenvalue weighted by atomic mass is 10.1. The normalized spacial score (nSPS) is 10.6. The third kappa shape index (κ3) is 5.30. The molecule has 0 heterocycles. The number of carboxylic acids is 1. The number of hydrogen-bond acceptors (Lipinski definition) is 2. The number of benzene rings is 1. The highest BCUT2D eigenvalue weighted by atomic mass is 79.9. The number of anilines is 1.